The van der Waals surface area contributed by atoms with E-state index in [-0.39, 0.29) is 0 Å². The van der Waals surface area contributed by atoms with Gasteiger partial charge in [-0.15, -0.1) is 0 Å². The van der Waals surface area contributed by atoms with Gasteiger partial charge in [-0.3, -0.25) is 0 Å². The molecule has 1 aromatic heterocycles. The van der Waals surface area contributed by atoms with Crippen LogP contribution in [0.4, 0.5) is 5.82 Å². The van der Waals surface area contributed by atoms with E-state index in [2.05, 4.69) is 9.97 Å². The Morgan fingerprint density at radius 1 is 0.905 bits per heavy atom. The van der Waals surface area contributed by atoms with Crippen LogP contribution in [0.1, 0.15) is 0 Å². The second-order valence-electron chi connectivity index (χ2n) is 4.55. The number of hydrogen-bond donors (Lipinski definition) is 1. The van der Waals surface area contributed by atoms with Crippen LogP contribution in [-0.4, -0.2) is 24.2 Å². The number of ether oxygens (including phenoxy) is 2. The monoisotopic (exact) mass is 281 g/mol. The smallest absolute Gasteiger partial charge is 0.162 e. The summed E-state index contributed by atoms with van der Waals surface area (Å²) in [6.07, 6.45) is 0. The lowest BCUT2D eigenvalue weighted by Crippen LogP contribution is -1.98. The van der Waals surface area contributed by atoms with Gasteiger partial charge in [0, 0.05) is 17.0 Å². The number of anilines is 1. The molecule has 0 aliphatic carbocycles. The number of rotatable bonds is 3. The molecular weight excluding hydrogens is 266 g/mol. The molecule has 0 spiro atoms. The minimum Gasteiger partial charge on any atom is -0.497 e. The Morgan fingerprint density at radius 2 is 1.57 bits per heavy atom. The van der Waals surface area contributed by atoms with Crippen LogP contribution < -0.4 is 15.2 Å². The molecule has 3 aromatic rings. The summed E-state index contributed by atoms with van der Waals surface area (Å²) < 4.78 is 10.5. The maximum atomic E-state index is 6.02. The summed E-state index contributed by atoms with van der Waals surface area (Å²) in [5.74, 6) is 2.36. The fourth-order valence-electron chi connectivity index (χ4n) is 2.17. The molecule has 0 amide bonds. The lowest BCUT2D eigenvalue weighted by Gasteiger charge is -2.09. The topological polar surface area (TPSA) is 70.3 Å². The van der Waals surface area contributed by atoms with E-state index in [4.69, 9.17) is 15.2 Å². The van der Waals surface area contributed by atoms with Crippen LogP contribution in [0.25, 0.3) is 22.3 Å². The third kappa shape index (κ3) is 2.45. The Hall–Kier alpha value is -2.82. The van der Waals surface area contributed by atoms with Crippen LogP contribution in [-0.2, 0) is 0 Å². The molecule has 3 rings (SSSR count). The highest BCUT2D eigenvalue weighted by Gasteiger charge is 2.10. The van der Waals surface area contributed by atoms with Crippen molar-refractivity contribution in [3.8, 4) is 22.9 Å². The van der Waals surface area contributed by atoms with Gasteiger partial charge in [-0.1, -0.05) is 12.1 Å². The molecule has 0 aliphatic heterocycles. The van der Waals surface area contributed by atoms with E-state index in [1.165, 1.54) is 0 Å². The Bertz CT molecular complexity index is 780. The zero-order valence-corrected chi connectivity index (χ0v) is 11.8. The Morgan fingerprint density at radius 3 is 2.24 bits per heavy atom. The summed E-state index contributed by atoms with van der Waals surface area (Å²) in [5, 5.41) is 0.844. The lowest BCUT2D eigenvalue weighted by atomic mass is 10.1. The van der Waals surface area contributed by atoms with Crippen molar-refractivity contribution in [2.24, 2.45) is 0 Å². The average Bonchev–Trinajstić information content (AvgIpc) is 2.54. The molecule has 2 N–H and O–H groups in total. The molecule has 0 aliphatic rings. The van der Waals surface area contributed by atoms with Crippen molar-refractivity contribution in [3.63, 3.8) is 0 Å². The maximum absolute atomic E-state index is 6.02. The normalized spacial score (nSPS) is 10.6. The van der Waals surface area contributed by atoms with Crippen LogP contribution in [0.5, 0.6) is 11.5 Å². The molecule has 1 heterocycles. The largest absolute Gasteiger partial charge is 0.497 e. The summed E-state index contributed by atoms with van der Waals surface area (Å²) in [6, 6.07) is 13.2. The van der Waals surface area contributed by atoms with E-state index in [1.807, 2.05) is 36.4 Å². The fourth-order valence-corrected chi connectivity index (χ4v) is 2.17. The molecule has 5 heteroatoms. The third-order valence-electron chi connectivity index (χ3n) is 3.24. The van der Waals surface area contributed by atoms with Crippen molar-refractivity contribution in [3.05, 3.63) is 42.5 Å². The highest BCUT2D eigenvalue weighted by molar-refractivity contribution is 5.89. The third-order valence-corrected chi connectivity index (χ3v) is 3.24. The molecular formula is C16H15N3O2. The van der Waals surface area contributed by atoms with Crippen molar-refractivity contribution in [1.29, 1.82) is 0 Å². The number of benzene rings is 2. The van der Waals surface area contributed by atoms with Gasteiger partial charge in [0.05, 0.1) is 19.7 Å². The van der Waals surface area contributed by atoms with E-state index < -0.39 is 0 Å². The molecule has 106 valence electrons. The molecule has 0 radical (unpaired) electrons. The van der Waals surface area contributed by atoms with Gasteiger partial charge in [0.25, 0.3) is 0 Å². The first-order chi connectivity index (χ1) is 10.2. The first-order valence-electron chi connectivity index (χ1n) is 6.47. The summed E-state index contributed by atoms with van der Waals surface area (Å²) >= 11 is 0. The van der Waals surface area contributed by atoms with Gasteiger partial charge in [-0.25, -0.2) is 9.97 Å². The van der Waals surface area contributed by atoms with Gasteiger partial charge in [-0.2, -0.15) is 0 Å². The molecule has 21 heavy (non-hydrogen) atoms. The van der Waals surface area contributed by atoms with Gasteiger partial charge in [0.1, 0.15) is 17.3 Å². The number of fused-ring (bicyclic) bond motifs is 1. The number of nitrogens with zero attached hydrogens (tertiary/aromatic N) is 2. The van der Waals surface area contributed by atoms with Crippen molar-refractivity contribution < 1.29 is 9.47 Å². The summed E-state index contributed by atoms with van der Waals surface area (Å²) in [6.45, 7) is 0. The molecule has 0 atom stereocenters. The number of nitrogens with two attached hydrogens (primary N) is 1. The number of methoxy groups -OCH3 is 2. The van der Waals surface area contributed by atoms with Gasteiger partial charge in [0.2, 0.25) is 0 Å². The van der Waals surface area contributed by atoms with Crippen molar-refractivity contribution in [2.75, 3.05) is 20.0 Å². The van der Waals surface area contributed by atoms with Gasteiger partial charge in [0.15, 0.2) is 5.82 Å². The molecule has 0 bridgehead atoms. The maximum Gasteiger partial charge on any atom is 0.162 e. The predicted octanol–water partition coefficient (Wildman–Crippen LogP) is 2.90. The van der Waals surface area contributed by atoms with Crippen LogP contribution in [0.15, 0.2) is 42.5 Å². The van der Waals surface area contributed by atoms with Crippen LogP contribution in [0.2, 0.25) is 0 Å². The van der Waals surface area contributed by atoms with Crippen LogP contribution in [0, 0.1) is 0 Å². The molecule has 5 nitrogen and oxygen atoms in total. The first-order valence-corrected chi connectivity index (χ1v) is 6.47. The minimum absolute atomic E-state index is 0.456. The summed E-state index contributed by atoms with van der Waals surface area (Å²) in [5.41, 5.74) is 7.62. The zero-order valence-electron chi connectivity index (χ0n) is 11.8. The Labute approximate surface area is 122 Å². The van der Waals surface area contributed by atoms with Gasteiger partial charge >= 0.3 is 0 Å². The average molecular weight is 281 g/mol. The fraction of sp³-hybridized carbons (Fsp3) is 0.125. The first kappa shape index (κ1) is 13.2. The van der Waals surface area contributed by atoms with E-state index in [0.29, 0.717) is 23.1 Å². The highest BCUT2D eigenvalue weighted by Crippen LogP contribution is 2.29. The van der Waals surface area contributed by atoms with E-state index in [1.54, 1.807) is 20.3 Å². The van der Waals surface area contributed by atoms with Gasteiger partial charge < -0.3 is 15.2 Å². The quantitative estimate of drug-likeness (QED) is 0.799. The number of aromatic nitrogens is 2. The van der Waals surface area contributed by atoms with Gasteiger partial charge in [-0.05, 0) is 24.3 Å². The van der Waals surface area contributed by atoms with E-state index in [0.717, 1.165) is 16.5 Å². The summed E-state index contributed by atoms with van der Waals surface area (Å²) in [7, 11) is 3.21. The molecule has 2 aromatic carbocycles. The van der Waals surface area contributed by atoms with E-state index >= 15 is 0 Å². The minimum atomic E-state index is 0.456. The Kier molecular flexibility index (Phi) is 3.31. The molecule has 0 fully saturated rings. The SMILES string of the molecule is COc1cc(OC)cc(-c2nc(N)c3ccccc3n2)c1. The zero-order chi connectivity index (χ0) is 14.8. The molecule has 0 saturated carbocycles. The standard InChI is InChI=1S/C16H15N3O2/c1-20-11-7-10(8-12(9-11)21-2)16-18-14-6-4-3-5-13(14)15(17)19-16/h3-9H,1-2H3,(H2,17,18,19). The van der Waals surface area contributed by atoms with Crippen LogP contribution >= 0.6 is 0 Å². The second kappa shape index (κ2) is 5.28. The van der Waals surface area contributed by atoms with Crippen molar-refractivity contribution in [2.45, 2.75) is 0 Å². The van der Waals surface area contributed by atoms with E-state index in [9.17, 15) is 0 Å². The Balaban J connectivity index is 2.20. The number of nitrogen functional groups attached to an aromatic ring is 1. The highest BCUT2D eigenvalue weighted by atomic mass is 16.5. The van der Waals surface area contributed by atoms with Crippen molar-refractivity contribution in [1.82, 2.24) is 9.97 Å². The summed E-state index contributed by atoms with van der Waals surface area (Å²) in [4.78, 5) is 8.93. The lowest BCUT2D eigenvalue weighted by molar-refractivity contribution is 0.394. The molecule has 0 saturated heterocycles. The molecule has 0 unspecified atom stereocenters. The predicted molar refractivity (Wildman–Crippen MR) is 82.5 cm³/mol. The van der Waals surface area contributed by atoms with Crippen molar-refractivity contribution >= 4 is 16.7 Å². The number of para-hydroxylation sites is 1. The second-order valence-corrected chi connectivity index (χ2v) is 4.55. The van der Waals surface area contributed by atoms with Crippen LogP contribution in [0.3, 0.4) is 0 Å². The number of hydrogen-bond acceptors (Lipinski definition) is 5.